The third-order valence-corrected chi connectivity index (χ3v) is 4.91. The van der Waals surface area contributed by atoms with Crippen LogP contribution in [0, 0.1) is 20.8 Å². The molecular weight excluding hydrogens is 318 g/mol. The number of rotatable bonds is 2. The SMILES string of the molecule is Cc1ccccc1Cn1c(=O)c2c(nc3[nH]c(C)c(C)n32)n(C)c1=O. The van der Waals surface area contributed by atoms with Gasteiger partial charge in [0.1, 0.15) is 0 Å². The second kappa shape index (κ2) is 5.20. The van der Waals surface area contributed by atoms with Gasteiger partial charge < -0.3 is 4.98 Å². The minimum Gasteiger partial charge on any atom is -0.327 e. The van der Waals surface area contributed by atoms with Crippen LogP contribution < -0.4 is 11.2 Å². The Hall–Kier alpha value is -3.09. The summed E-state index contributed by atoms with van der Waals surface area (Å²) in [4.78, 5) is 33.5. The van der Waals surface area contributed by atoms with Gasteiger partial charge in [-0.2, -0.15) is 4.98 Å². The molecule has 0 unspecified atom stereocenters. The molecule has 0 spiro atoms. The van der Waals surface area contributed by atoms with E-state index in [0.717, 1.165) is 22.5 Å². The number of aromatic amines is 1. The van der Waals surface area contributed by atoms with Crippen LogP contribution in [0.5, 0.6) is 0 Å². The van der Waals surface area contributed by atoms with Gasteiger partial charge in [-0.3, -0.25) is 18.3 Å². The van der Waals surface area contributed by atoms with Crippen molar-refractivity contribution in [2.45, 2.75) is 27.3 Å². The number of H-pyrrole nitrogens is 1. The second-order valence-corrected chi connectivity index (χ2v) is 6.44. The predicted octanol–water partition coefficient (Wildman–Crippen LogP) is 1.65. The van der Waals surface area contributed by atoms with E-state index < -0.39 is 0 Å². The Labute approximate surface area is 143 Å². The highest BCUT2D eigenvalue weighted by molar-refractivity contribution is 5.76. The van der Waals surface area contributed by atoms with Crippen LogP contribution in [-0.4, -0.2) is 23.5 Å². The number of aromatic nitrogens is 5. The second-order valence-electron chi connectivity index (χ2n) is 6.44. The molecule has 7 heteroatoms. The molecule has 128 valence electrons. The van der Waals surface area contributed by atoms with Crippen molar-refractivity contribution in [2.75, 3.05) is 0 Å². The first-order chi connectivity index (χ1) is 11.9. The summed E-state index contributed by atoms with van der Waals surface area (Å²) in [6, 6.07) is 7.76. The summed E-state index contributed by atoms with van der Waals surface area (Å²) < 4.78 is 4.51. The van der Waals surface area contributed by atoms with E-state index in [0.29, 0.717) is 16.9 Å². The van der Waals surface area contributed by atoms with Crippen molar-refractivity contribution in [1.29, 1.82) is 0 Å². The number of hydrogen-bond acceptors (Lipinski definition) is 3. The third-order valence-electron chi connectivity index (χ3n) is 4.91. The predicted molar refractivity (Wildman–Crippen MR) is 96.3 cm³/mol. The first-order valence-electron chi connectivity index (χ1n) is 8.12. The summed E-state index contributed by atoms with van der Waals surface area (Å²) in [6.07, 6.45) is 0. The lowest BCUT2D eigenvalue weighted by Gasteiger charge is -2.10. The molecule has 0 bridgehead atoms. The number of benzene rings is 1. The molecule has 7 nitrogen and oxygen atoms in total. The maximum absolute atomic E-state index is 13.1. The van der Waals surface area contributed by atoms with Crippen LogP contribution in [0.3, 0.4) is 0 Å². The molecule has 0 aliphatic heterocycles. The highest BCUT2D eigenvalue weighted by atomic mass is 16.2. The monoisotopic (exact) mass is 337 g/mol. The largest absolute Gasteiger partial charge is 0.332 e. The van der Waals surface area contributed by atoms with E-state index in [1.54, 1.807) is 11.4 Å². The van der Waals surface area contributed by atoms with Gasteiger partial charge in [0, 0.05) is 18.4 Å². The normalized spacial score (nSPS) is 11.7. The van der Waals surface area contributed by atoms with Crippen LogP contribution in [0.4, 0.5) is 0 Å². The van der Waals surface area contributed by atoms with E-state index in [2.05, 4.69) is 9.97 Å². The van der Waals surface area contributed by atoms with E-state index in [1.807, 2.05) is 45.0 Å². The molecule has 3 aromatic heterocycles. The fraction of sp³-hybridized carbons (Fsp3) is 0.278. The number of hydrogen-bond donors (Lipinski definition) is 1. The average molecular weight is 337 g/mol. The van der Waals surface area contributed by atoms with E-state index in [4.69, 9.17) is 0 Å². The van der Waals surface area contributed by atoms with Crippen molar-refractivity contribution in [2.24, 2.45) is 7.05 Å². The molecule has 0 amide bonds. The Morgan fingerprint density at radius 2 is 1.84 bits per heavy atom. The maximum atomic E-state index is 13.1. The summed E-state index contributed by atoms with van der Waals surface area (Å²) in [5.74, 6) is 0.575. The molecule has 0 atom stereocenters. The molecule has 4 rings (SSSR count). The molecular formula is C18H19N5O2. The summed E-state index contributed by atoms with van der Waals surface area (Å²) in [7, 11) is 1.65. The third kappa shape index (κ3) is 2.08. The first kappa shape index (κ1) is 15.4. The van der Waals surface area contributed by atoms with Gasteiger partial charge >= 0.3 is 5.69 Å². The van der Waals surface area contributed by atoms with Gasteiger partial charge in [-0.05, 0) is 31.9 Å². The van der Waals surface area contributed by atoms with Crippen LogP contribution in [0.25, 0.3) is 16.9 Å². The number of nitrogens with zero attached hydrogens (tertiary/aromatic N) is 4. The van der Waals surface area contributed by atoms with E-state index in [1.165, 1.54) is 9.13 Å². The molecule has 25 heavy (non-hydrogen) atoms. The van der Waals surface area contributed by atoms with Crippen LogP contribution in [-0.2, 0) is 13.6 Å². The highest BCUT2D eigenvalue weighted by Gasteiger charge is 2.20. The van der Waals surface area contributed by atoms with Crippen molar-refractivity contribution in [3.8, 4) is 0 Å². The zero-order chi connectivity index (χ0) is 17.9. The quantitative estimate of drug-likeness (QED) is 0.604. The lowest BCUT2D eigenvalue weighted by atomic mass is 10.1. The Morgan fingerprint density at radius 1 is 1.12 bits per heavy atom. The number of fused-ring (bicyclic) bond motifs is 3. The fourth-order valence-corrected chi connectivity index (χ4v) is 3.25. The first-order valence-corrected chi connectivity index (χ1v) is 8.12. The van der Waals surface area contributed by atoms with E-state index in [9.17, 15) is 9.59 Å². The van der Waals surface area contributed by atoms with Crippen molar-refractivity contribution in [3.63, 3.8) is 0 Å². The van der Waals surface area contributed by atoms with Gasteiger partial charge in [0.2, 0.25) is 5.78 Å². The highest BCUT2D eigenvalue weighted by Crippen LogP contribution is 2.16. The fourth-order valence-electron chi connectivity index (χ4n) is 3.25. The van der Waals surface area contributed by atoms with Gasteiger partial charge in [0.25, 0.3) is 5.56 Å². The molecule has 0 aliphatic carbocycles. The molecule has 0 saturated heterocycles. The topological polar surface area (TPSA) is 77.1 Å². The molecule has 3 heterocycles. The molecule has 1 N–H and O–H groups in total. The van der Waals surface area contributed by atoms with Gasteiger partial charge in [-0.1, -0.05) is 24.3 Å². The lowest BCUT2D eigenvalue weighted by molar-refractivity contribution is 0.654. The zero-order valence-corrected chi connectivity index (χ0v) is 14.6. The zero-order valence-electron chi connectivity index (χ0n) is 14.6. The van der Waals surface area contributed by atoms with E-state index >= 15 is 0 Å². The number of aryl methyl sites for hydroxylation is 4. The standard InChI is InChI=1S/C18H19N5O2/c1-10-7-5-6-8-13(10)9-22-16(24)14-15(21(4)18(22)25)20-17-19-11(2)12(3)23(14)17/h5-8H,9H2,1-4H3,(H,19,20). The number of nitrogens with one attached hydrogen (secondary N) is 1. The van der Waals surface area contributed by atoms with Gasteiger partial charge in [-0.15, -0.1) is 0 Å². The molecule has 0 saturated carbocycles. The molecule has 0 aliphatic rings. The Kier molecular flexibility index (Phi) is 3.21. The lowest BCUT2D eigenvalue weighted by Crippen LogP contribution is -2.39. The smallest absolute Gasteiger partial charge is 0.327 e. The van der Waals surface area contributed by atoms with Gasteiger partial charge in [0.15, 0.2) is 11.2 Å². The van der Waals surface area contributed by atoms with E-state index in [-0.39, 0.29) is 17.8 Å². The molecule has 0 radical (unpaired) electrons. The van der Waals surface area contributed by atoms with Crippen molar-refractivity contribution >= 4 is 16.9 Å². The summed E-state index contributed by atoms with van der Waals surface area (Å²) in [6.45, 7) is 6.07. The molecule has 1 aromatic carbocycles. The van der Waals surface area contributed by atoms with Crippen molar-refractivity contribution in [1.82, 2.24) is 23.5 Å². The minimum atomic E-state index is -0.365. The molecule has 0 fully saturated rings. The average Bonchev–Trinajstić information content (AvgIpc) is 3.08. The van der Waals surface area contributed by atoms with Crippen LogP contribution in [0.15, 0.2) is 33.9 Å². The van der Waals surface area contributed by atoms with Crippen LogP contribution in [0.1, 0.15) is 22.5 Å². The van der Waals surface area contributed by atoms with Crippen LogP contribution in [0.2, 0.25) is 0 Å². The van der Waals surface area contributed by atoms with Gasteiger partial charge in [-0.25, -0.2) is 4.79 Å². The Balaban J connectivity index is 2.08. The Morgan fingerprint density at radius 3 is 2.56 bits per heavy atom. The molecule has 4 aromatic rings. The minimum absolute atomic E-state index is 0.240. The maximum Gasteiger partial charge on any atom is 0.332 e. The van der Waals surface area contributed by atoms with Crippen LogP contribution >= 0.6 is 0 Å². The summed E-state index contributed by atoms with van der Waals surface area (Å²) in [5.41, 5.74) is 3.98. The van der Waals surface area contributed by atoms with Crippen molar-refractivity contribution < 1.29 is 0 Å². The summed E-state index contributed by atoms with van der Waals surface area (Å²) >= 11 is 0. The van der Waals surface area contributed by atoms with Gasteiger partial charge in [0.05, 0.1) is 6.54 Å². The van der Waals surface area contributed by atoms with Crippen molar-refractivity contribution in [3.05, 3.63) is 67.6 Å². The number of imidazole rings is 2. The summed E-state index contributed by atoms with van der Waals surface area (Å²) in [5, 5.41) is 0. The Bertz CT molecular complexity index is 1250.